The van der Waals surface area contributed by atoms with E-state index >= 15 is 0 Å². The number of hydrogen-bond donors (Lipinski definition) is 1. The standard InChI is InChI=1S/C21H31FN4O/c1-15(2)26-13-17-6-5-7-18(19(17)24-26)20(27)23-12-16-8-10-25(11-9-16)14-21(3,4)22/h5-7,13,15-16H,8-12,14H2,1-4H3,(H,23,27). The molecule has 1 aromatic carbocycles. The van der Waals surface area contributed by atoms with Crippen molar-refractivity contribution in [2.45, 2.75) is 52.2 Å². The van der Waals surface area contributed by atoms with E-state index in [4.69, 9.17) is 0 Å². The molecule has 0 atom stereocenters. The van der Waals surface area contributed by atoms with Crippen LogP contribution in [0.4, 0.5) is 4.39 Å². The van der Waals surface area contributed by atoms with Gasteiger partial charge in [-0.05, 0) is 65.6 Å². The highest BCUT2D eigenvalue weighted by molar-refractivity contribution is 6.05. The summed E-state index contributed by atoms with van der Waals surface area (Å²) in [5, 5.41) is 8.65. The van der Waals surface area contributed by atoms with E-state index in [1.807, 2.05) is 29.1 Å². The van der Waals surface area contributed by atoms with E-state index < -0.39 is 5.67 Å². The minimum absolute atomic E-state index is 0.0677. The fourth-order valence-electron chi connectivity index (χ4n) is 3.72. The highest BCUT2D eigenvalue weighted by atomic mass is 19.1. The Balaban J connectivity index is 1.57. The molecule has 27 heavy (non-hydrogen) atoms. The van der Waals surface area contributed by atoms with E-state index in [0.29, 0.717) is 24.6 Å². The van der Waals surface area contributed by atoms with Gasteiger partial charge in [-0.3, -0.25) is 9.48 Å². The van der Waals surface area contributed by atoms with Gasteiger partial charge < -0.3 is 10.2 Å². The number of nitrogens with zero attached hydrogens (tertiary/aromatic N) is 3. The number of hydrogen-bond acceptors (Lipinski definition) is 3. The summed E-state index contributed by atoms with van der Waals surface area (Å²) in [6.45, 7) is 10.3. The summed E-state index contributed by atoms with van der Waals surface area (Å²) < 4.78 is 15.7. The Morgan fingerprint density at radius 3 is 2.67 bits per heavy atom. The van der Waals surface area contributed by atoms with Crippen LogP contribution < -0.4 is 5.32 Å². The highest BCUT2D eigenvalue weighted by Crippen LogP contribution is 2.21. The summed E-state index contributed by atoms with van der Waals surface area (Å²) in [6, 6.07) is 5.98. The molecule has 0 spiro atoms. The van der Waals surface area contributed by atoms with Crippen molar-refractivity contribution in [3.8, 4) is 0 Å². The van der Waals surface area contributed by atoms with Crippen LogP contribution in [0.1, 0.15) is 56.9 Å². The van der Waals surface area contributed by atoms with Crippen LogP contribution in [0, 0.1) is 5.92 Å². The van der Waals surface area contributed by atoms with E-state index in [0.717, 1.165) is 36.8 Å². The predicted molar refractivity (Wildman–Crippen MR) is 107 cm³/mol. The molecule has 1 aromatic heterocycles. The molecule has 2 aromatic rings. The molecule has 0 bridgehead atoms. The molecule has 1 saturated heterocycles. The van der Waals surface area contributed by atoms with Gasteiger partial charge in [-0.2, -0.15) is 5.10 Å². The second kappa shape index (κ2) is 7.97. The molecular formula is C21H31FN4O. The van der Waals surface area contributed by atoms with Crippen LogP contribution in [-0.2, 0) is 0 Å². The van der Waals surface area contributed by atoms with Crippen LogP contribution >= 0.6 is 0 Å². The number of piperidine rings is 1. The Morgan fingerprint density at radius 2 is 2.04 bits per heavy atom. The van der Waals surface area contributed by atoms with Crippen molar-refractivity contribution in [2.24, 2.45) is 5.92 Å². The van der Waals surface area contributed by atoms with Crippen LogP contribution in [0.25, 0.3) is 10.9 Å². The molecule has 1 N–H and O–H groups in total. The Hall–Kier alpha value is -1.95. The molecule has 1 fully saturated rings. The number of carbonyl (C=O) groups excluding carboxylic acids is 1. The average Bonchev–Trinajstić information content (AvgIpc) is 3.04. The minimum Gasteiger partial charge on any atom is -0.352 e. The van der Waals surface area contributed by atoms with Crippen molar-refractivity contribution >= 4 is 16.8 Å². The minimum atomic E-state index is -1.15. The first-order valence-electron chi connectivity index (χ1n) is 9.90. The normalized spacial score (nSPS) is 17.0. The molecule has 3 rings (SSSR count). The fraction of sp³-hybridized carbons (Fsp3) is 0.619. The topological polar surface area (TPSA) is 50.2 Å². The number of aromatic nitrogens is 2. The van der Waals surface area contributed by atoms with E-state index in [9.17, 15) is 9.18 Å². The SMILES string of the molecule is CC(C)n1cc2cccc(C(=O)NCC3CCN(CC(C)(C)F)CC3)c2n1. The van der Waals surface area contributed by atoms with Crippen molar-refractivity contribution in [3.05, 3.63) is 30.0 Å². The molecular weight excluding hydrogens is 343 g/mol. The summed E-state index contributed by atoms with van der Waals surface area (Å²) in [5.74, 6) is 0.377. The highest BCUT2D eigenvalue weighted by Gasteiger charge is 2.25. The first-order chi connectivity index (χ1) is 12.7. The largest absolute Gasteiger partial charge is 0.352 e. The first-order valence-corrected chi connectivity index (χ1v) is 9.90. The maximum absolute atomic E-state index is 13.8. The summed E-state index contributed by atoms with van der Waals surface area (Å²) in [6.07, 6.45) is 3.96. The van der Waals surface area contributed by atoms with Crippen LogP contribution in [0.15, 0.2) is 24.4 Å². The maximum Gasteiger partial charge on any atom is 0.253 e. The Labute approximate surface area is 160 Å². The number of nitrogens with one attached hydrogen (secondary N) is 1. The molecule has 0 saturated carbocycles. The van der Waals surface area contributed by atoms with Gasteiger partial charge in [0.15, 0.2) is 0 Å². The van der Waals surface area contributed by atoms with Gasteiger partial charge in [-0.25, -0.2) is 4.39 Å². The number of amides is 1. The lowest BCUT2D eigenvalue weighted by Gasteiger charge is -2.34. The smallest absolute Gasteiger partial charge is 0.253 e. The van der Waals surface area contributed by atoms with E-state index in [1.54, 1.807) is 13.8 Å². The third kappa shape index (κ3) is 5.06. The number of carbonyl (C=O) groups is 1. The molecule has 1 aliphatic rings. The molecule has 1 amide bonds. The van der Waals surface area contributed by atoms with Gasteiger partial charge in [0.2, 0.25) is 0 Å². The zero-order valence-electron chi connectivity index (χ0n) is 16.8. The number of benzene rings is 1. The predicted octanol–water partition coefficient (Wildman–Crippen LogP) is 3.81. The third-order valence-electron chi connectivity index (χ3n) is 5.19. The number of halogens is 1. The zero-order chi connectivity index (χ0) is 19.6. The number of fused-ring (bicyclic) bond motifs is 1. The lowest BCUT2D eigenvalue weighted by atomic mass is 9.95. The van der Waals surface area contributed by atoms with Crippen molar-refractivity contribution in [1.82, 2.24) is 20.0 Å². The molecule has 5 nitrogen and oxygen atoms in total. The quantitative estimate of drug-likeness (QED) is 0.837. The Kier molecular flexibility index (Phi) is 5.84. The summed E-state index contributed by atoms with van der Waals surface area (Å²) in [4.78, 5) is 14.9. The third-order valence-corrected chi connectivity index (χ3v) is 5.19. The molecule has 1 aliphatic heterocycles. The molecule has 0 radical (unpaired) electrons. The van der Waals surface area contributed by atoms with Gasteiger partial charge in [0.1, 0.15) is 11.2 Å². The average molecular weight is 375 g/mol. The summed E-state index contributed by atoms with van der Waals surface area (Å²) in [7, 11) is 0. The van der Waals surface area contributed by atoms with Crippen molar-refractivity contribution < 1.29 is 9.18 Å². The lowest BCUT2D eigenvalue weighted by Crippen LogP contribution is -2.43. The summed E-state index contributed by atoms with van der Waals surface area (Å²) in [5.41, 5.74) is 0.228. The van der Waals surface area contributed by atoms with Crippen LogP contribution in [0.5, 0.6) is 0 Å². The fourth-order valence-corrected chi connectivity index (χ4v) is 3.72. The van der Waals surface area contributed by atoms with Crippen LogP contribution in [0.3, 0.4) is 0 Å². The van der Waals surface area contributed by atoms with E-state index in [-0.39, 0.29) is 11.9 Å². The monoisotopic (exact) mass is 374 g/mol. The Bertz CT molecular complexity index is 785. The van der Waals surface area contributed by atoms with Gasteiger partial charge in [0.05, 0.1) is 5.56 Å². The summed E-state index contributed by atoms with van der Waals surface area (Å²) >= 11 is 0. The Morgan fingerprint density at radius 1 is 1.33 bits per heavy atom. The molecule has 2 heterocycles. The van der Waals surface area contributed by atoms with Crippen molar-refractivity contribution in [1.29, 1.82) is 0 Å². The van der Waals surface area contributed by atoms with Crippen LogP contribution in [-0.4, -0.2) is 52.4 Å². The number of alkyl halides is 1. The maximum atomic E-state index is 13.8. The van der Waals surface area contributed by atoms with Gasteiger partial charge in [-0.1, -0.05) is 12.1 Å². The second-order valence-electron chi connectivity index (χ2n) is 8.59. The number of likely N-dealkylation sites (tertiary alicyclic amines) is 1. The van der Waals surface area contributed by atoms with E-state index in [2.05, 4.69) is 29.2 Å². The zero-order valence-corrected chi connectivity index (χ0v) is 16.8. The van der Waals surface area contributed by atoms with Crippen molar-refractivity contribution in [2.75, 3.05) is 26.2 Å². The van der Waals surface area contributed by atoms with Gasteiger partial charge >= 0.3 is 0 Å². The molecule has 0 unspecified atom stereocenters. The van der Waals surface area contributed by atoms with Gasteiger partial charge in [0.25, 0.3) is 5.91 Å². The second-order valence-corrected chi connectivity index (χ2v) is 8.59. The first kappa shape index (κ1) is 19.8. The molecule has 6 heteroatoms. The lowest BCUT2D eigenvalue weighted by molar-refractivity contribution is 0.0884. The van der Waals surface area contributed by atoms with Crippen LogP contribution in [0.2, 0.25) is 0 Å². The molecule has 148 valence electrons. The van der Waals surface area contributed by atoms with E-state index in [1.165, 1.54) is 0 Å². The van der Waals surface area contributed by atoms with Crippen molar-refractivity contribution in [3.63, 3.8) is 0 Å². The number of rotatable bonds is 6. The molecule has 0 aliphatic carbocycles. The van der Waals surface area contributed by atoms with Gasteiger partial charge in [-0.15, -0.1) is 0 Å². The van der Waals surface area contributed by atoms with Gasteiger partial charge in [0, 0.05) is 30.7 Å².